The highest BCUT2D eigenvalue weighted by atomic mass is 19.2. The van der Waals surface area contributed by atoms with Crippen molar-refractivity contribution in [1.82, 2.24) is 0 Å². The number of benzene rings is 1. The SMILES string of the molecule is C.C.C=CC1CCC(C2CCC(c3ccc(F)c(F)c3)CC2)CC1.[HH].[HH]. The predicted octanol–water partition coefficient (Wildman–Crippen LogP) is 8.00. The summed E-state index contributed by atoms with van der Waals surface area (Å²) in [4.78, 5) is 0. The molecule has 0 spiro atoms. The molecule has 3 rings (SSSR count). The number of hydrogen-bond acceptors (Lipinski definition) is 0. The third-order valence-electron chi connectivity index (χ3n) is 6.00. The van der Waals surface area contributed by atoms with Crippen LogP contribution < -0.4 is 0 Å². The van der Waals surface area contributed by atoms with E-state index >= 15 is 0 Å². The summed E-state index contributed by atoms with van der Waals surface area (Å²) in [5.74, 6) is 1.42. The number of halogens is 2. The van der Waals surface area contributed by atoms with Gasteiger partial charge >= 0.3 is 0 Å². The highest BCUT2D eigenvalue weighted by Crippen LogP contribution is 2.44. The van der Waals surface area contributed by atoms with Gasteiger partial charge < -0.3 is 0 Å². The van der Waals surface area contributed by atoms with E-state index in [0.29, 0.717) is 5.92 Å². The van der Waals surface area contributed by atoms with Crippen molar-refractivity contribution in [3.8, 4) is 0 Å². The van der Waals surface area contributed by atoms with Crippen LogP contribution in [0.1, 0.15) is 80.6 Å². The summed E-state index contributed by atoms with van der Waals surface area (Å²) in [5.41, 5.74) is 0.979. The molecule has 2 aliphatic rings. The molecule has 2 fully saturated rings. The lowest BCUT2D eigenvalue weighted by Crippen LogP contribution is -2.25. The Morgan fingerprint density at radius 1 is 0.833 bits per heavy atom. The van der Waals surface area contributed by atoms with Crippen LogP contribution in [0.3, 0.4) is 0 Å². The van der Waals surface area contributed by atoms with Crippen LogP contribution in [0.25, 0.3) is 0 Å². The molecule has 24 heavy (non-hydrogen) atoms. The molecule has 0 radical (unpaired) electrons. The van der Waals surface area contributed by atoms with Gasteiger partial charge in [0.25, 0.3) is 0 Å². The minimum Gasteiger partial charge on any atom is -0.204 e. The lowest BCUT2D eigenvalue weighted by molar-refractivity contribution is 0.171. The van der Waals surface area contributed by atoms with Crippen molar-refractivity contribution in [3.05, 3.63) is 48.1 Å². The molecule has 0 atom stereocenters. The summed E-state index contributed by atoms with van der Waals surface area (Å²) in [6, 6.07) is 4.43. The Balaban J connectivity index is 0. The molecular weight excluding hydrogens is 302 g/mol. The number of rotatable bonds is 3. The zero-order chi connectivity index (χ0) is 15.5. The molecule has 2 saturated carbocycles. The second-order valence-electron chi connectivity index (χ2n) is 7.20. The van der Waals surface area contributed by atoms with Crippen molar-refractivity contribution in [2.75, 3.05) is 0 Å². The molecule has 2 aliphatic carbocycles. The molecule has 0 heterocycles. The quantitative estimate of drug-likeness (QED) is 0.489. The fourth-order valence-electron chi connectivity index (χ4n) is 4.54. The van der Waals surface area contributed by atoms with Crippen LogP contribution in [-0.2, 0) is 0 Å². The standard InChI is InChI=1S/C20H26F2.2CH4.2H2/c1-2-14-3-5-15(6-4-14)16-7-9-17(10-8-16)18-11-12-19(21)20(22)13-18;;;;/h2,11-17H,1,3-10H2;2*1H4;2*1H. The summed E-state index contributed by atoms with van der Waals surface area (Å²) in [7, 11) is 0. The van der Waals surface area contributed by atoms with Gasteiger partial charge in [-0.2, -0.15) is 0 Å². The second kappa shape index (κ2) is 9.34. The Morgan fingerprint density at radius 2 is 1.38 bits per heavy atom. The maximum Gasteiger partial charge on any atom is 0.159 e. The van der Waals surface area contributed by atoms with Crippen LogP contribution in [0.5, 0.6) is 0 Å². The van der Waals surface area contributed by atoms with Gasteiger partial charge in [-0.1, -0.05) is 27.0 Å². The monoisotopic (exact) mass is 340 g/mol. The average molecular weight is 341 g/mol. The van der Waals surface area contributed by atoms with Crippen molar-refractivity contribution in [2.45, 2.75) is 72.1 Å². The van der Waals surface area contributed by atoms with Crippen LogP contribution in [0.15, 0.2) is 30.9 Å². The molecule has 0 amide bonds. The van der Waals surface area contributed by atoms with Crippen molar-refractivity contribution in [3.63, 3.8) is 0 Å². The highest BCUT2D eigenvalue weighted by Gasteiger charge is 2.30. The molecule has 0 N–H and O–H groups in total. The summed E-state index contributed by atoms with van der Waals surface area (Å²) >= 11 is 0. The number of hydrogen-bond donors (Lipinski definition) is 0. The summed E-state index contributed by atoms with van der Waals surface area (Å²) in [5, 5.41) is 0. The summed E-state index contributed by atoms with van der Waals surface area (Å²) < 4.78 is 26.4. The number of allylic oxidation sites excluding steroid dienone is 1. The first-order valence-corrected chi connectivity index (χ1v) is 8.75. The van der Waals surface area contributed by atoms with E-state index in [1.807, 2.05) is 0 Å². The van der Waals surface area contributed by atoms with Gasteiger partial charge in [0.2, 0.25) is 0 Å². The van der Waals surface area contributed by atoms with E-state index in [2.05, 4.69) is 12.7 Å². The van der Waals surface area contributed by atoms with E-state index in [0.717, 1.165) is 36.2 Å². The Kier molecular flexibility index (Phi) is 8.12. The van der Waals surface area contributed by atoms with Crippen LogP contribution in [0.4, 0.5) is 8.78 Å². The molecule has 1 aromatic rings. The molecule has 0 bridgehead atoms. The third kappa shape index (κ3) is 4.68. The lowest BCUT2D eigenvalue weighted by Gasteiger charge is -2.37. The zero-order valence-electron chi connectivity index (χ0n) is 13.2. The van der Waals surface area contributed by atoms with E-state index in [-0.39, 0.29) is 17.7 Å². The van der Waals surface area contributed by atoms with Crippen molar-refractivity contribution < 1.29 is 11.6 Å². The van der Waals surface area contributed by atoms with Crippen molar-refractivity contribution in [1.29, 1.82) is 0 Å². The van der Waals surface area contributed by atoms with Crippen LogP contribution in [0, 0.1) is 29.4 Å². The molecule has 0 aliphatic heterocycles. The molecule has 140 valence electrons. The zero-order valence-corrected chi connectivity index (χ0v) is 13.2. The van der Waals surface area contributed by atoms with Gasteiger partial charge in [0.1, 0.15) is 0 Å². The normalized spacial score (nSPS) is 29.9. The molecule has 1 aromatic carbocycles. The van der Waals surface area contributed by atoms with E-state index in [9.17, 15) is 8.78 Å². The topological polar surface area (TPSA) is 0 Å². The maximum absolute atomic E-state index is 13.4. The molecule has 0 saturated heterocycles. The predicted molar refractivity (Wildman–Crippen MR) is 104 cm³/mol. The van der Waals surface area contributed by atoms with E-state index in [1.165, 1.54) is 50.7 Å². The Labute approximate surface area is 150 Å². The van der Waals surface area contributed by atoms with E-state index in [1.54, 1.807) is 6.07 Å². The Morgan fingerprint density at radius 3 is 1.88 bits per heavy atom. The largest absolute Gasteiger partial charge is 0.204 e. The molecule has 0 unspecified atom stereocenters. The molecule has 0 aromatic heterocycles. The van der Waals surface area contributed by atoms with Crippen LogP contribution >= 0.6 is 0 Å². The first-order valence-electron chi connectivity index (χ1n) is 8.75. The summed E-state index contributed by atoms with van der Waals surface area (Å²) in [6.07, 6.45) is 12.1. The summed E-state index contributed by atoms with van der Waals surface area (Å²) in [6.45, 7) is 3.92. The fourth-order valence-corrected chi connectivity index (χ4v) is 4.54. The highest BCUT2D eigenvalue weighted by molar-refractivity contribution is 5.22. The van der Waals surface area contributed by atoms with Gasteiger partial charge in [-0.15, -0.1) is 6.58 Å². The maximum atomic E-state index is 13.4. The Hall–Kier alpha value is -1.18. The molecule has 0 nitrogen and oxygen atoms in total. The van der Waals surface area contributed by atoms with Gasteiger partial charge in [0.15, 0.2) is 11.6 Å². The van der Waals surface area contributed by atoms with Gasteiger partial charge in [-0.3, -0.25) is 0 Å². The first kappa shape index (κ1) is 20.9. The lowest BCUT2D eigenvalue weighted by atomic mass is 9.68. The minimum atomic E-state index is -0.739. The smallest absolute Gasteiger partial charge is 0.159 e. The molecule has 2 heteroatoms. The third-order valence-corrected chi connectivity index (χ3v) is 6.00. The van der Waals surface area contributed by atoms with E-state index < -0.39 is 11.6 Å². The fraction of sp³-hybridized carbons (Fsp3) is 0.636. The second-order valence-corrected chi connectivity index (χ2v) is 7.20. The van der Waals surface area contributed by atoms with Crippen molar-refractivity contribution in [2.24, 2.45) is 17.8 Å². The van der Waals surface area contributed by atoms with Gasteiger partial charge in [0.05, 0.1) is 0 Å². The van der Waals surface area contributed by atoms with Gasteiger partial charge in [-0.05, 0) is 92.7 Å². The van der Waals surface area contributed by atoms with Gasteiger partial charge in [-0.25, -0.2) is 8.78 Å². The van der Waals surface area contributed by atoms with E-state index in [4.69, 9.17) is 0 Å². The Bertz CT molecular complexity index is 517. The van der Waals surface area contributed by atoms with Crippen molar-refractivity contribution >= 4 is 0 Å². The average Bonchev–Trinajstić information content (AvgIpc) is 2.58. The van der Waals surface area contributed by atoms with Crippen LogP contribution in [0.2, 0.25) is 0 Å². The van der Waals surface area contributed by atoms with Crippen LogP contribution in [-0.4, -0.2) is 0 Å². The first-order chi connectivity index (χ1) is 10.7. The van der Waals surface area contributed by atoms with Gasteiger partial charge in [0, 0.05) is 2.85 Å². The molecular formula is C22H38F2. The minimum absolute atomic E-state index is 0.